The second kappa shape index (κ2) is 5.45. The number of nitrogens with zero attached hydrogens (tertiary/aromatic N) is 6. The zero-order chi connectivity index (χ0) is 14.8. The van der Waals surface area contributed by atoms with Crippen LogP contribution in [0.15, 0.2) is 42.0 Å². The number of aromatic nitrogens is 5. The minimum Gasteiger partial charge on any atom is -0.221 e. The maximum atomic E-state index is 13.0. The molecular formula is C13H10ClFN6. The molecule has 0 aliphatic rings. The highest BCUT2D eigenvalue weighted by Gasteiger charge is 2.13. The zero-order valence-electron chi connectivity index (χ0n) is 11.0. The second-order valence-corrected chi connectivity index (χ2v) is 4.62. The van der Waals surface area contributed by atoms with E-state index in [1.165, 1.54) is 34.1 Å². The molecule has 0 bridgehead atoms. The lowest BCUT2D eigenvalue weighted by atomic mass is 10.3. The fraction of sp³-hybridized carbons (Fsp3) is 0.0769. The molecule has 0 amide bonds. The van der Waals surface area contributed by atoms with Gasteiger partial charge in [0.25, 0.3) is 0 Å². The predicted octanol–water partition coefficient (Wildman–Crippen LogP) is 2.45. The molecule has 8 heteroatoms. The summed E-state index contributed by atoms with van der Waals surface area (Å²) in [5.41, 5.74) is 2.06. The van der Waals surface area contributed by atoms with Crippen LogP contribution in [-0.2, 0) is 0 Å². The Hall–Kier alpha value is -2.54. The second-order valence-electron chi connectivity index (χ2n) is 4.26. The number of halogens is 2. The first-order chi connectivity index (χ1) is 10.1. The van der Waals surface area contributed by atoms with Gasteiger partial charge in [0.2, 0.25) is 0 Å². The Kier molecular flexibility index (Phi) is 3.49. The summed E-state index contributed by atoms with van der Waals surface area (Å²) in [4.78, 5) is 0. The Morgan fingerprint density at radius 2 is 1.86 bits per heavy atom. The lowest BCUT2D eigenvalue weighted by Crippen LogP contribution is -1.96. The van der Waals surface area contributed by atoms with E-state index in [4.69, 9.17) is 11.6 Å². The maximum Gasteiger partial charge on any atom is 0.142 e. The monoisotopic (exact) mass is 304 g/mol. The van der Waals surface area contributed by atoms with E-state index in [9.17, 15) is 4.39 Å². The summed E-state index contributed by atoms with van der Waals surface area (Å²) in [6, 6.07) is 5.92. The fourth-order valence-electron chi connectivity index (χ4n) is 1.79. The third-order valence-corrected chi connectivity index (χ3v) is 3.21. The molecule has 2 heterocycles. The molecule has 3 rings (SSSR count). The summed E-state index contributed by atoms with van der Waals surface area (Å²) in [6.45, 7) is 1.82. The number of aryl methyl sites for hydroxylation is 1. The smallest absolute Gasteiger partial charge is 0.142 e. The van der Waals surface area contributed by atoms with Crippen molar-refractivity contribution in [1.82, 2.24) is 24.7 Å². The molecule has 3 aromatic rings. The van der Waals surface area contributed by atoms with E-state index >= 15 is 0 Å². The Balaban J connectivity index is 1.98. The summed E-state index contributed by atoms with van der Waals surface area (Å²) in [5.74, 6) is -0.312. The van der Waals surface area contributed by atoms with Gasteiger partial charge in [-0.25, -0.2) is 13.7 Å². The van der Waals surface area contributed by atoms with Crippen LogP contribution in [0.25, 0.3) is 5.69 Å². The minimum absolute atomic E-state index is 0.312. The van der Waals surface area contributed by atoms with Crippen LogP contribution in [0.2, 0.25) is 5.15 Å². The highest BCUT2D eigenvalue weighted by atomic mass is 35.5. The first-order valence-corrected chi connectivity index (χ1v) is 6.43. The molecule has 106 valence electrons. The lowest BCUT2D eigenvalue weighted by molar-refractivity contribution is 0.627. The minimum atomic E-state index is -0.312. The predicted molar refractivity (Wildman–Crippen MR) is 76.3 cm³/mol. The average molecular weight is 305 g/mol. The molecular weight excluding hydrogens is 295 g/mol. The highest BCUT2D eigenvalue weighted by Crippen LogP contribution is 2.22. The molecule has 0 saturated carbocycles. The average Bonchev–Trinajstić information content (AvgIpc) is 3.07. The van der Waals surface area contributed by atoms with Crippen molar-refractivity contribution in [3.8, 4) is 5.69 Å². The topological polar surface area (TPSA) is 60.9 Å². The zero-order valence-corrected chi connectivity index (χ0v) is 11.7. The Morgan fingerprint density at radius 3 is 2.52 bits per heavy atom. The van der Waals surface area contributed by atoms with Gasteiger partial charge in [0.05, 0.1) is 23.2 Å². The SMILES string of the molecule is Cc1nn(-c2ccc(F)cc2)c(Cl)c1C=Nn1cnnc1. The van der Waals surface area contributed by atoms with Gasteiger partial charge < -0.3 is 0 Å². The van der Waals surface area contributed by atoms with Gasteiger partial charge in [-0.3, -0.25) is 0 Å². The summed E-state index contributed by atoms with van der Waals surface area (Å²) in [5, 5.41) is 16.2. The van der Waals surface area contributed by atoms with Crippen LogP contribution in [0.1, 0.15) is 11.3 Å². The van der Waals surface area contributed by atoms with Crippen molar-refractivity contribution in [1.29, 1.82) is 0 Å². The standard InChI is InChI=1S/C13H10ClFN6/c1-9-12(6-18-20-7-16-17-8-20)13(14)21(19-9)11-4-2-10(15)3-5-11/h2-8H,1H3. The van der Waals surface area contributed by atoms with Crippen molar-refractivity contribution in [3.63, 3.8) is 0 Å². The highest BCUT2D eigenvalue weighted by molar-refractivity contribution is 6.32. The fourth-order valence-corrected chi connectivity index (χ4v) is 2.11. The van der Waals surface area contributed by atoms with Crippen LogP contribution < -0.4 is 0 Å². The van der Waals surface area contributed by atoms with E-state index in [1.807, 2.05) is 6.92 Å². The van der Waals surface area contributed by atoms with Crippen LogP contribution in [0, 0.1) is 12.7 Å². The normalized spacial score (nSPS) is 11.4. The number of hydrogen-bond donors (Lipinski definition) is 0. The van der Waals surface area contributed by atoms with Crippen molar-refractivity contribution in [2.45, 2.75) is 6.92 Å². The van der Waals surface area contributed by atoms with Crippen LogP contribution in [0.4, 0.5) is 4.39 Å². The largest absolute Gasteiger partial charge is 0.221 e. The van der Waals surface area contributed by atoms with Gasteiger partial charge in [-0.2, -0.15) is 10.2 Å². The third-order valence-electron chi connectivity index (χ3n) is 2.85. The number of benzene rings is 1. The molecule has 21 heavy (non-hydrogen) atoms. The van der Waals surface area contributed by atoms with Crippen molar-refractivity contribution < 1.29 is 4.39 Å². The summed E-state index contributed by atoms with van der Waals surface area (Å²) in [7, 11) is 0. The summed E-state index contributed by atoms with van der Waals surface area (Å²) in [6.07, 6.45) is 4.50. The van der Waals surface area contributed by atoms with E-state index in [1.54, 1.807) is 18.3 Å². The van der Waals surface area contributed by atoms with E-state index < -0.39 is 0 Å². The summed E-state index contributed by atoms with van der Waals surface area (Å²) < 4.78 is 15.9. The van der Waals surface area contributed by atoms with Crippen LogP contribution in [0.3, 0.4) is 0 Å². The van der Waals surface area contributed by atoms with Crippen molar-refractivity contribution >= 4 is 17.8 Å². The lowest BCUT2D eigenvalue weighted by Gasteiger charge is -2.02. The van der Waals surface area contributed by atoms with E-state index in [2.05, 4.69) is 20.4 Å². The molecule has 0 N–H and O–H groups in total. The molecule has 6 nitrogen and oxygen atoms in total. The first kappa shape index (κ1) is 13.4. The van der Waals surface area contributed by atoms with Crippen molar-refractivity contribution in [2.75, 3.05) is 0 Å². The molecule has 0 aliphatic heterocycles. The Bertz CT molecular complexity index is 776. The van der Waals surface area contributed by atoms with E-state index in [-0.39, 0.29) is 5.82 Å². The molecule has 2 aromatic heterocycles. The quantitative estimate of drug-likeness (QED) is 0.698. The van der Waals surface area contributed by atoms with Gasteiger partial charge in [-0.1, -0.05) is 11.6 Å². The van der Waals surface area contributed by atoms with Crippen molar-refractivity contribution in [2.24, 2.45) is 5.10 Å². The van der Waals surface area contributed by atoms with Crippen LogP contribution in [0.5, 0.6) is 0 Å². The molecule has 0 unspecified atom stereocenters. The van der Waals surface area contributed by atoms with Crippen LogP contribution in [-0.4, -0.2) is 30.9 Å². The molecule has 1 aromatic carbocycles. The van der Waals surface area contributed by atoms with E-state index in [0.29, 0.717) is 22.1 Å². The Morgan fingerprint density at radius 1 is 1.19 bits per heavy atom. The number of hydrogen-bond acceptors (Lipinski definition) is 4. The third kappa shape index (κ3) is 2.68. The van der Waals surface area contributed by atoms with Gasteiger partial charge in [0.15, 0.2) is 0 Å². The number of rotatable bonds is 3. The molecule has 0 spiro atoms. The van der Waals surface area contributed by atoms with E-state index in [0.717, 1.165) is 0 Å². The molecule has 0 radical (unpaired) electrons. The van der Waals surface area contributed by atoms with Gasteiger partial charge in [-0.05, 0) is 31.2 Å². The van der Waals surface area contributed by atoms with Crippen LogP contribution >= 0.6 is 11.6 Å². The first-order valence-electron chi connectivity index (χ1n) is 6.05. The van der Waals surface area contributed by atoms with Gasteiger partial charge in [0, 0.05) is 0 Å². The molecule has 0 fully saturated rings. The molecule has 0 saturated heterocycles. The summed E-state index contributed by atoms with van der Waals surface area (Å²) >= 11 is 6.32. The van der Waals surface area contributed by atoms with Crippen molar-refractivity contribution in [3.05, 3.63) is 59.1 Å². The molecule has 0 aliphatic carbocycles. The van der Waals surface area contributed by atoms with Gasteiger partial charge in [0.1, 0.15) is 23.6 Å². The molecule has 0 atom stereocenters. The van der Waals surface area contributed by atoms with Gasteiger partial charge >= 0.3 is 0 Å². The Labute approximate surface area is 124 Å². The maximum absolute atomic E-state index is 13.0. The van der Waals surface area contributed by atoms with Gasteiger partial charge in [-0.15, -0.1) is 10.2 Å².